The first kappa shape index (κ1) is 22.8. The zero-order valence-electron chi connectivity index (χ0n) is 18.6. The number of alkyl halides is 2. The van der Waals surface area contributed by atoms with E-state index >= 15 is 0 Å². The molecule has 1 atom stereocenters. The summed E-state index contributed by atoms with van der Waals surface area (Å²) in [6.45, 7) is -0.290. The lowest BCUT2D eigenvalue weighted by molar-refractivity contribution is 0.101. The molecule has 12 heteroatoms. The Bertz CT molecular complexity index is 1470. The third kappa shape index (κ3) is 3.97. The van der Waals surface area contributed by atoms with Crippen molar-refractivity contribution >= 4 is 21.6 Å². The van der Waals surface area contributed by atoms with Crippen molar-refractivity contribution in [2.45, 2.75) is 12.3 Å². The Kier molecular flexibility index (Phi) is 5.25. The number of benzene rings is 2. The van der Waals surface area contributed by atoms with Crippen LogP contribution in [-0.4, -0.2) is 45.0 Å². The lowest BCUT2D eigenvalue weighted by Crippen LogP contribution is -2.37. The van der Waals surface area contributed by atoms with Crippen molar-refractivity contribution in [3.63, 3.8) is 0 Å². The van der Waals surface area contributed by atoms with Crippen LogP contribution in [0.1, 0.15) is 12.0 Å². The average molecular weight is 499 g/mol. The van der Waals surface area contributed by atoms with Crippen LogP contribution in [0.3, 0.4) is 0 Å². The number of hydrogen-bond acceptors (Lipinski definition) is 7. The van der Waals surface area contributed by atoms with Gasteiger partial charge in [-0.15, -0.1) is 0 Å². The van der Waals surface area contributed by atoms with Crippen LogP contribution in [0.5, 0.6) is 17.6 Å². The highest BCUT2D eigenvalue weighted by Gasteiger charge is 2.59. The second-order valence-electron chi connectivity index (χ2n) is 8.17. The van der Waals surface area contributed by atoms with Gasteiger partial charge in [0.2, 0.25) is 5.88 Å². The molecule has 0 saturated heterocycles. The molecule has 1 aliphatic heterocycles. The van der Waals surface area contributed by atoms with Crippen LogP contribution in [0, 0.1) is 17.2 Å². The highest BCUT2D eigenvalue weighted by Crippen LogP contribution is 2.52. The first-order valence-electron chi connectivity index (χ1n) is 10.5. The Morgan fingerprint density at radius 2 is 1.97 bits per heavy atom. The maximum absolute atomic E-state index is 13.5. The van der Waals surface area contributed by atoms with Crippen LogP contribution in [0.4, 0.5) is 20.2 Å². The number of fused-ring (bicyclic) bond motifs is 1. The average Bonchev–Trinajstić information content (AvgIpc) is 3.41. The Labute approximate surface area is 200 Å². The molecule has 0 N–H and O–H groups in total. The maximum atomic E-state index is 13.5. The number of rotatable bonds is 6. The van der Waals surface area contributed by atoms with Crippen molar-refractivity contribution in [3.05, 3.63) is 54.2 Å². The summed E-state index contributed by atoms with van der Waals surface area (Å²) in [6.07, 6.45) is 1.15. The number of anilines is 2. The third-order valence-electron chi connectivity index (χ3n) is 5.99. The van der Waals surface area contributed by atoms with Gasteiger partial charge in [-0.25, -0.2) is 13.8 Å². The number of halogens is 2. The Morgan fingerprint density at radius 1 is 1.20 bits per heavy atom. The van der Waals surface area contributed by atoms with Gasteiger partial charge in [-0.3, -0.25) is 8.61 Å². The van der Waals surface area contributed by atoms with Crippen LogP contribution in [0.2, 0.25) is 0 Å². The SMILES string of the molecule is COc1nccc(Oc2ccc(C#N)c(-c3ccc4c(c3)N(C)S(=O)(=O)N4CC3CC3(F)F)c2)n1. The fourth-order valence-electron chi connectivity index (χ4n) is 3.94. The molecule has 3 aromatic rings. The van der Waals surface area contributed by atoms with E-state index in [4.69, 9.17) is 9.47 Å². The third-order valence-corrected chi connectivity index (χ3v) is 7.78. The van der Waals surface area contributed by atoms with Crippen LogP contribution in [0.15, 0.2) is 48.7 Å². The largest absolute Gasteiger partial charge is 0.467 e. The molecule has 2 heterocycles. The molecule has 0 radical (unpaired) electrons. The number of nitriles is 1. The van der Waals surface area contributed by atoms with Gasteiger partial charge in [0, 0.05) is 43.8 Å². The van der Waals surface area contributed by atoms with Crippen molar-refractivity contribution in [2.75, 3.05) is 29.3 Å². The molecule has 2 aliphatic rings. The van der Waals surface area contributed by atoms with E-state index in [1.807, 2.05) is 0 Å². The van der Waals surface area contributed by atoms with Gasteiger partial charge < -0.3 is 9.47 Å². The molecule has 0 spiro atoms. The zero-order valence-corrected chi connectivity index (χ0v) is 19.5. The van der Waals surface area contributed by atoms with Gasteiger partial charge in [0.15, 0.2) is 0 Å². The quantitative estimate of drug-likeness (QED) is 0.505. The Hall–Kier alpha value is -3.98. The second-order valence-corrected chi connectivity index (χ2v) is 10.1. The summed E-state index contributed by atoms with van der Waals surface area (Å²) in [5.74, 6) is -3.22. The smallest absolute Gasteiger partial charge is 0.326 e. The van der Waals surface area contributed by atoms with Crippen molar-refractivity contribution in [2.24, 2.45) is 5.92 Å². The Balaban J connectivity index is 1.50. The summed E-state index contributed by atoms with van der Waals surface area (Å²) in [5, 5.41) is 9.64. The standard InChI is InChI=1S/C23H19F2N5O4S/c1-29-20-9-14(4-6-19(20)30(35(29,31)32)13-16-11-23(16,24)25)18-10-17(5-3-15(18)12-26)34-21-7-8-27-22(28-21)33-2/h3-10,16H,11,13H2,1-2H3. The van der Waals surface area contributed by atoms with Gasteiger partial charge in [0.25, 0.3) is 5.92 Å². The molecule has 1 unspecified atom stereocenters. The van der Waals surface area contributed by atoms with Crippen molar-refractivity contribution in [1.82, 2.24) is 9.97 Å². The van der Waals surface area contributed by atoms with E-state index in [9.17, 15) is 22.5 Å². The summed E-state index contributed by atoms with van der Waals surface area (Å²) in [7, 11) is -1.18. The normalized spacial score (nSPS) is 19.1. The van der Waals surface area contributed by atoms with Crippen molar-refractivity contribution < 1.29 is 26.7 Å². The van der Waals surface area contributed by atoms with E-state index in [2.05, 4.69) is 16.0 Å². The predicted molar refractivity (Wildman–Crippen MR) is 123 cm³/mol. The lowest BCUT2D eigenvalue weighted by atomic mass is 9.99. The molecule has 1 aromatic heterocycles. The van der Waals surface area contributed by atoms with E-state index in [0.717, 1.165) is 8.61 Å². The minimum absolute atomic E-state index is 0.132. The monoisotopic (exact) mass is 499 g/mol. The van der Waals surface area contributed by atoms with Gasteiger partial charge in [-0.05, 0) is 35.9 Å². The number of ether oxygens (including phenoxy) is 2. The van der Waals surface area contributed by atoms with Crippen molar-refractivity contribution in [3.8, 4) is 34.8 Å². The molecular formula is C23H19F2N5O4S. The molecular weight excluding hydrogens is 480 g/mol. The van der Waals surface area contributed by atoms with Crippen LogP contribution in [0.25, 0.3) is 11.1 Å². The lowest BCUT2D eigenvalue weighted by Gasteiger charge is -2.18. The Morgan fingerprint density at radius 3 is 2.66 bits per heavy atom. The molecule has 1 fully saturated rings. The zero-order chi connectivity index (χ0) is 25.0. The number of nitrogens with zero attached hydrogens (tertiary/aromatic N) is 5. The molecule has 2 aromatic carbocycles. The molecule has 180 valence electrons. The molecule has 5 rings (SSSR count). The second kappa shape index (κ2) is 8.06. The fourth-order valence-corrected chi connectivity index (χ4v) is 5.40. The van der Waals surface area contributed by atoms with E-state index < -0.39 is 22.0 Å². The molecule has 0 amide bonds. The molecule has 9 nitrogen and oxygen atoms in total. The molecule has 1 saturated carbocycles. The highest BCUT2D eigenvalue weighted by molar-refractivity contribution is 7.94. The summed E-state index contributed by atoms with van der Waals surface area (Å²) in [6, 6.07) is 13.5. The van der Waals surface area contributed by atoms with Crippen LogP contribution >= 0.6 is 0 Å². The van der Waals surface area contributed by atoms with E-state index in [1.165, 1.54) is 20.4 Å². The molecule has 35 heavy (non-hydrogen) atoms. The minimum atomic E-state index is -3.98. The number of hydrogen-bond donors (Lipinski definition) is 0. The summed E-state index contributed by atoms with van der Waals surface area (Å²) >= 11 is 0. The molecule has 0 bridgehead atoms. The fraction of sp³-hybridized carbons (Fsp3) is 0.261. The predicted octanol–water partition coefficient (Wildman–Crippen LogP) is 3.97. The van der Waals surface area contributed by atoms with Gasteiger partial charge >= 0.3 is 16.2 Å². The summed E-state index contributed by atoms with van der Waals surface area (Å²) in [5.41, 5.74) is 2.06. The van der Waals surface area contributed by atoms with E-state index in [1.54, 1.807) is 42.5 Å². The van der Waals surface area contributed by atoms with Gasteiger partial charge in [0.05, 0.1) is 30.1 Å². The number of aromatic nitrogens is 2. The van der Waals surface area contributed by atoms with E-state index in [-0.39, 0.29) is 24.9 Å². The minimum Gasteiger partial charge on any atom is -0.467 e. The van der Waals surface area contributed by atoms with Gasteiger partial charge in [-0.1, -0.05) is 6.07 Å². The van der Waals surface area contributed by atoms with Crippen molar-refractivity contribution in [1.29, 1.82) is 5.26 Å². The first-order valence-corrected chi connectivity index (χ1v) is 11.9. The number of methoxy groups -OCH3 is 1. The van der Waals surface area contributed by atoms with E-state index in [0.29, 0.717) is 33.8 Å². The first-order chi connectivity index (χ1) is 16.6. The van der Waals surface area contributed by atoms with Gasteiger partial charge in [-0.2, -0.15) is 18.7 Å². The highest BCUT2D eigenvalue weighted by atomic mass is 32.2. The summed E-state index contributed by atoms with van der Waals surface area (Å²) in [4.78, 5) is 8.02. The van der Waals surface area contributed by atoms with Crippen LogP contribution < -0.4 is 18.1 Å². The van der Waals surface area contributed by atoms with Crippen LogP contribution in [-0.2, 0) is 10.2 Å². The summed E-state index contributed by atoms with van der Waals surface area (Å²) < 4.78 is 65.7. The maximum Gasteiger partial charge on any atom is 0.326 e. The molecule has 1 aliphatic carbocycles. The van der Waals surface area contributed by atoms with Gasteiger partial charge in [0.1, 0.15) is 5.75 Å². The topological polar surface area (TPSA) is 109 Å².